The van der Waals surface area contributed by atoms with Crippen LogP contribution >= 0.6 is 12.4 Å². The molecule has 4 unspecified atom stereocenters. The van der Waals surface area contributed by atoms with Crippen LogP contribution in [0.3, 0.4) is 0 Å². The van der Waals surface area contributed by atoms with Crippen molar-refractivity contribution in [2.24, 2.45) is 5.73 Å². The Morgan fingerprint density at radius 2 is 2.07 bits per heavy atom. The van der Waals surface area contributed by atoms with E-state index in [1.807, 2.05) is 6.07 Å². The lowest BCUT2D eigenvalue weighted by Gasteiger charge is -2.33. The number of hydrogen-bond donors (Lipinski definition) is 1. The first-order valence-corrected chi connectivity index (χ1v) is 9.63. The molecule has 6 nitrogen and oxygen atoms in total. The molecule has 0 aromatic heterocycles. The van der Waals surface area contributed by atoms with E-state index in [1.165, 1.54) is 4.90 Å². The van der Waals surface area contributed by atoms with Gasteiger partial charge in [0.25, 0.3) is 0 Å². The van der Waals surface area contributed by atoms with E-state index in [-0.39, 0.29) is 31.1 Å². The Bertz CT molecular complexity index is 724. The highest BCUT2D eigenvalue weighted by Crippen LogP contribution is 2.26. The second kappa shape index (κ2) is 9.49. The molecule has 0 aliphatic carbocycles. The SMILES string of the molecule is COc1ccc(CS(=O)C(C)(C)C(N)C(=O)N2CC(F)CC2C#N)cc1.Cl. The van der Waals surface area contributed by atoms with E-state index in [0.717, 1.165) is 5.56 Å². The minimum atomic E-state index is -1.45. The molecule has 9 heteroatoms. The number of alkyl halides is 1. The number of hydrogen-bond acceptors (Lipinski definition) is 5. The van der Waals surface area contributed by atoms with Crippen molar-refractivity contribution in [3.8, 4) is 11.8 Å². The molecule has 1 aliphatic rings. The lowest BCUT2D eigenvalue weighted by Crippen LogP contribution is -2.57. The Morgan fingerprint density at radius 1 is 1.48 bits per heavy atom. The molecule has 0 bridgehead atoms. The Hall–Kier alpha value is -1.69. The van der Waals surface area contributed by atoms with Crippen molar-refractivity contribution in [3.63, 3.8) is 0 Å². The van der Waals surface area contributed by atoms with Crippen LogP contribution in [0.5, 0.6) is 5.75 Å². The van der Waals surface area contributed by atoms with E-state index in [1.54, 1.807) is 45.2 Å². The van der Waals surface area contributed by atoms with Crippen molar-refractivity contribution in [2.45, 2.75) is 49.0 Å². The number of halogens is 2. The van der Waals surface area contributed by atoms with Crippen molar-refractivity contribution in [1.29, 1.82) is 5.26 Å². The summed E-state index contributed by atoms with van der Waals surface area (Å²) in [5, 5.41) is 9.11. The van der Waals surface area contributed by atoms with Gasteiger partial charge in [0.15, 0.2) is 0 Å². The van der Waals surface area contributed by atoms with Gasteiger partial charge in [0, 0.05) is 23.0 Å². The predicted molar refractivity (Wildman–Crippen MR) is 105 cm³/mol. The summed E-state index contributed by atoms with van der Waals surface area (Å²) in [6, 6.07) is 7.17. The smallest absolute Gasteiger partial charge is 0.242 e. The van der Waals surface area contributed by atoms with Crippen molar-refractivity contribution in [2.75, 3.05) is 13.7 Å². The zero-order valence-corrected chi connectivity index (χ0v) is 17.2. The van der Waals surface area contributed by atoms with E-state index >= 15 is 0 Å². The fourth-order valence-corrected chi connectivity index (χ4v) is 4.08. The summed E-state index contributed by atoms with van der Waals surface area (Å²) in [6.45, 7) is 3.16. The number of carbonyl (C=O) groups is 1. The van der Waals surface area contributed by atoms with Gasteiger partial charge in [-0.15, -0.1) is 12.4 Å². The van der Waals surface area contributed by atoms with Gasteiger partial charge in [0.1, 0.15) is 24.0 Å². The second-order valence-electron chi connectivity index (χ2n) is 6.89. The van der Waals surface area contributed by atoms with Gasteiger partial charge in [0.05, 0.1) is 24.5 Å². The molecular weight excluding hydrogens is 393 g/mol. The molecule has 1 saturated heterocycles. The molecule has 1 heterocycles. The maximum absolute atomic E-state index is 13.6. The Morgan fingerprint density at radius 3 is 2.59 bits per heavy atom. The molecule has 4 atom stereocenters. The summed E-state index contributed by atoms with van der Waals surface area (Å²) in [6.07, 6.45) is -1.24. The minimum Gasteiger partial charge on any atom is -0.497 e. The number of nitriles is 1. The van der Waals surface area contributed by atoms with E-state index in [9.17, 15) is 13.4 Å². The summed E-state index contributed by atoms with van der Waals surface area (Å²) < 4.78 is 30.5. The van der Waals surface area contributed by atoms with Gasteiger partial charge in [-0.3, -0.25) is 9.00 Å². The van der Waals surface area contributed by atoms with Gasteiger partial charge >= 0.3 is 0 Å². The fourth-order valence-electron chi connectivity index (χ4n) is 2.83. The lowest BCUT2D eigenvalue weighted by atomic mass is 10.0. The molecule has 2 N–H and O–H groups in total. The van der Waals surface area contributed by atoms with E-state index < -0.39 is 39.7 Å². The number of benzene rings is 1. The number of nitrogens with zero attached hydrogens (tertiary/aromatic N) is 2. The summed E-state index contributed by atoms with van der Waals surface area (Å²) in [5.41, 5.74) is 6.93. The summed E-state index contributed by atoms with van der Waals surface area (Å²) >= 11 is 0. The highest BCUT2D eigenvalue weighted by atomic mass is 35.5. The highest BCUT2D eigenvalue weighted by molar-refractivity contribution is 7.85. The molecule has 150 valence electrons. The van der Waals surface area contributed by atoms with Crippen LogP contribution in [0.1, 0.15) is 25.8 Å². The van der Waals surface area contributed by atoms with Crippen molar-refractivity contribution < 1.29 is 18.1 Å². The Labute approximate surface area is 167 Å². The average Bonchev–Trinajstić information content (AvgIpc) is 3.01. The monoisotopic (exact) mass is 417 g/mol. The van der Waals surface area contributed by atoms with E-state index in [4.69, 9.17) is 15.7 Å². The van der Waals surface area contributed by atoms with Crippen LogP contribution in [0.15, 0.2) is 24.3 Å². The maximum Gasteiger partial charge on any atom is 0.242 e. The molecule has 0 radical (unpaired) electrons. The number of carbonyl (C=O) groups excluding carboxylic acids is 1. The number of methoxy groups -OCH3 is 1. The van der Waals surface area contributed by atoms with E-state index in [2.05, 4.69) is 0 Å². The van der Waals surface area contributed by atoms with Gasteiger partial charge < -0.3 is 15.4 Å². The number of ether oxygens (including phenoxy) is 1. The highest BCUT2D eigenvalue weighted by Gasteiger charge is 2.44. The first kappa shape index (κ1) is 23.3. The van der Waals surface area contributed by atoms with Crippen LogP contribution in [0.4, 0.5) is 4.39 Å². The quantitative estimate of drug-likeness (QED) is 0.762. The number of likely N-dealkylation sites (tertiary alicyclic amines) is 1. The molecular formula is C18H25ClFN3O3S. The summed E-state index contributed by atoms with van der Waals surface area (Å²) in [7, 11) is 0.113. The average molecular weight is 418 g/mol. The molecule has 27 heavy (non-hydrogen) atoms. The normalized spacial score (nSPS) is 21.7. The van der Waals surface area contributed by atoms with Crippen molar-refractivity contribution in [3.05, 3.63) is 29.8 Å². The van der Waals surface area contributed by atoms with Gasteiger partial charge in [-0.2, -0.15) is 5.26 Å². The van der Waals surface area contributed by atoms with Gasteiger partial charge in [-0.1, -0.05) is 12.1 Å². The van der Waals surface area contributed by atoms with Crippen LogP contribution in [0.2, 0.25) is 0 Å². The van der Waals surface area contributed by atoms with Crippen molar-refractivity contribution in [1.82, 2.24) is 4.90 Å². The van der Waals surface area contributed by atoms with Crippen molar-refractivity contribution >= 4 is 29.1 Å². The minimum absolute atomic E-state index is 0. The summed E-state index contributed by atoms with van der Waals surface area (Å²) in [5.74, 6) is 0.388. The fraction of sp³-hybridized carbons (Fsp3) is 0.556. The number of rotatable bonds is 6. The predicted octanol–water partition coefficient (Wildman–Crippen LogP) is 1.93. The third kappa shape index (κ3) is 5.18. The molecule has 1 aromatic carbocycles. The van der Waals surface area contributed by atoms with Gasteiger partial charge in [-0.05, 0) is 31.5 Å². The van der Waals surface area contributed by atoms with Crippen LogP contribution < -0.4 is 10.5 Å². The molecule has 0 saturated carbocycles. The first-order chi connectivity index (χ1) is 12.2. The van der Waals surface area contributed by atoms with Crippen LogP contribution in [0, 0.1) is 11.3 Å². The topological polar surface area (TPSA) is 96.4 Å². The third-order valence-electron chi connectivity index (χ3n) is 4.74. The lowest BCUT2D eigenvalue weighted by molar-refractivity contribution is -0.133. The van der Waals surface area contributed by atoms with Crippen LogP contribution in [-0.4, -0.2) is 51.7 Å². The van der Waals surface area contributed by atoms with Crippen LogP contribution in [-0.2, 0) is 21.3 Å². The molecule has 1 amide bonds. The number of nitrogens with two attached hydrogens (primary N) is 1. The molecule has 1 aliphatic heterocycles. The first-order valence-electron chi connectivity index (χ1n) is 8.31. The Balaban J connectivity index is 0.00000364. The summed E-state index contributed by atoms with van der Waals surface area (Å²) in [4.78, 5) is 13.8. The molecule has 1 fully saturated rings. The second-order valence-corrected chi connectivity index (χ2v) is 8.92. The third-order valence-corrected chi connectivity index (χ3v) is 6.76. The standard InChI is InChI=1S/C18H24FN3O3S.ClH/c1-18(2,26(24)11-12-4-6-15(25-3)7-5-12)16(21)17(23)22-10-13(19)8-14(22)9-20;/h4-7,13-14,16H,8,10-11,21H2,1-3H3;1H. The maximum atomic E-state index is 13.6. The largest absolute Gasteiger partial charge is 0.497 e. The van der Waals surface area contributed by atoms with E-state index in [0.29, 0.717) is 5.75 Å². The molecule has 1 aromatic rings. The van der Waals surface area contributed by atoms with Crippen LogP contribution in [0.25, 0.3) is 0 Å². The van der Waals surface area contributed by atoms with Gasteiger partial charge in [-0.25, -0.2) is 4.39 Å². The molecule has 0 spiro atoms. The van der Waals surface area contributed by atoms with Gasteiger partial charge in [0.2, 0.25) is 5.91 Å². The number of amides is 1. The zero-order chi connectivity index (χ0) is 19.5. The zero-order valence-electron chi connectivity index (χ0n) is 15.6. The Kier molecular flexibility index (Phi) is 8.21. The molecule has 2 rings (SSSR count).